The summed E-state index contributed by atoms with van der Waals surface area (Å²) >= 11 is 1.85. The summed E-state index contributed by atoms with van der Waals surface area (Å²) in [4.78, 5) is 15.9. The minimum absolute atomic E-state index is 0.557. The summed E-state index contributed by atoms with van der Waals surface area (Å²) < 4.78 is 11.5. The molecule has 0 aliphatic carbocycles. The van der Waals surface area contributed by atoms with Crippen LogP contribution in [-0.4, -0.2) is 19.5 Å². The van der Waals surface area contributed by atoms with Crippen molar-refractivity contribution in [3.63, 3.8) is 0 Å². The Kier molecular flexibility index (Phi) is 5.87. The van der Waals surface area contributed by atoms with Gasteiger partial charge in [0.1, 0.15) is 11.2 Å². The maximum absolute atomic E-state index is 6.68. The number of thiophene rings is 1. The third-order valence-corrected chi connectivity index (χ3v) is 11.8. The Balaban J connectivity index is 1.24. The number of rotatable bonds is 3. The van der Waals surface area contributed by atoms with E-state index in [1.54, 1.807) is 0 Å². The Morgan fingerprint density at radius 2 is 1.13 bits per heavy atom. The summed E-state index contributed by atoms with van der Waals surface area (Å²) in [7, 11) is 0. The van der Waals surface area contributed by atoms with Crippen LogP contribution in [0.15, 0.2) is 162 Å². The molecule has 8 aromatic carbocycles. The first-order chi connectivity index (χ1) is 26.3. The summed E-state index contributed by atoms with van der Waals surface area (Å²) in [5.41, 5.74) is 5.44. The molecule has 12 aromatic rings. The maximum Gasteiger partial charge on any atom is 0.238 e. The van der Waals surface area contributed by atoms with Gasteiger partial charge in [0.15, 0.2) is 11.6 Å². The second-order valence-electron chi connectivity index (χ2n) is 13.5. The molecule has 0 bridgehead atoms. The van der Waals surface area contributed by atoms with E-state index in [1.165, 1.54) is 41.7 Å². The lowest BCUT2D eigenvalue weighted by Crippen LogP contribution is -2.06. The zero-order chi connectivity index (χ0) is 34.6. The van der Waals surface area contributed by atoms with Gasteiger partial charge in [0.25, 0.3) is 0 Å². The summed E-state index contributed by atoms with van der Waals surface area (Å²) in [6, 6.07) is 55.3. The van der Waals surface area contributed by atoms with Crippen LogP contribution in [0.2, 0.25) is 0 Å². The smallest absolute Gasteiger partial charge is 0.238 e. The highest BCUT2D eigenvalue weighted by Gasteiger charge is 2.24. The Labute approximate surface area is 306 Å². The maximum atomic E-state index is 6.68. The minimum atomic E-state index is 0.557. The van der Waals surface area contributed by atoms with Crippen LogP contribution in [0.1, 0.15) is 0 Å². The van der Waals surface area contributed by atoms with Crippen LogP contribution in [0.5, 0.6) is 0 Å². The molecule has 0 N–H and O–H groups in total. The fourth-order valence-electron chi connectivity index (χ4n) is 8.30. The Morgan fingerprint density at radius 3 is 2.00 bits per heavy atom. The molecule has 0 saturated heterocycles. The topological polar surface area (TPSA) is 56.7 Å². The molecule has 4 heterocycles. The summed E-state index contributed by atoms with van der Waals surface area (Å²) in [6.07, 6.45) is 0. The van der Waals surface area contributed by atoms with Crippen molar-refractivity contribution in [3.8, 4) is 28.7 Å². The van der Waals surface area contributed by atoms with Crippen LogP contribution in [0.25, 0.3) is 114 Å². The van der Waals surface area contributed by atoms with E-state index in [4.69, 9.17) is 19.4 Å². The van der Waals surface area contributed by atoms with E-state index in [0.29, 0.717) is 17.6 Å². The van der Waals surface area contributed by atoms with Crippen LogP contribution in [0, 0.1) is 0 Å². The summed E-state index contributed by atoms with van der Waals surface area (Å²) in [5, 5.41) is 11.7. The highest BCUT2D eigenvalue weighted by atomic mass is 32.1. The zero-order valence-electron chi connectivity index (χ0n) is 28.1. The van der Waals surface area contributed by atoms with Gasteiger partial charge in [-0.2, -0.15) is 9.97 Å². The molecule has 0 saturated carbocycles. The lowest BCUT2D eigenvalue weighted by atomic mass is 10.00. The van der Waals surface area contributed by atoms with Crippen molar-refractivity contribution in [1.82, 2.24) is 19.5 Å². The zero-order valence-corrected chi connectivity index (χ0v) is 28.9. The van der Waals surface area contributed by atoms with Gasteiger partial charge in [-0.3, -0.25) is 4.57 Å². The molecular weight excluding hydrogens is 669 g/mol. The average molecular weight is 695 g/mol. The number of para-hydroxylation sites is 1. The predicted molar refractivity (Wildman–Crippen MR) is 220 cm³/mol. The first-order valence-corrected chi connectivity index (χ1v) is 18.5. The van der Waals surface area contributed by atoms with Gasteiger partial charge in [-0.25, -0.2) is 4.98 Å². The minimum Gasteiger partial charge on any atom is -0.455 e. The van der Waals surface area contributed by atoms with Gasteiger partial charge in [0.05, 0.1) is 16.6 Å². The first kappa shape index (κ1) is 28.8. The molecule has 5 nitrogen and oxygen atoms in total. The number of fused-ring (bicyclic) bond motifs is 14. The Hall–Kier alpha value is -6.89. The molecule has 0 aliphatic heterocycles. The lowest BCUT2D eigenvalue weighted by Gasteiger charge is -2.12. The van der Waals surface area contributed by atoms with E-state index >= 15 is 0 Å². The van der Waals surface area contributed by atoms with Crippen LogP contribution >= 0.6 is 11.3 Å². The van der Waals surface area contributed by atoms with Crippen molar-refractivity contribution in [2.75, 3.05) is 0 Å². The highest BCUT2D eigenvalue weighted by Crippen LogP contribution is 2.46. The van der Waals surface area contributed by atoms with Crippen LogP contribution in [0.3, 0.4) is 0 Å². The quantitative estimate of drug-likeness (QED) is 0.185. The molecule has 0 spiro atoms. The highest BCUT2D eigenvalue weighted by molar-refractivity contribution is 7.26. The number of benzene rings is 8. The average Bonchev–Trinajstić information content (AvgIpc) is 3.91. The SMILES string of the molecule is c1ccc(-c2nc(-c3cc4ccccc4c4c3oc3ccccc34)nc(-n3c4ccc5ccccc5c4c4c5sc6ccccc6c5ccc43)n2)cc1. The van der Waals surface area contributed by atoms with E-state index < -0.39 is 0 Å². The normalized spacial score (nSPS) is 12.2. The molecular formula is C47H26N4OS. The Bertz CT molecular complexity index is 3470. The van der Waals surface area contributed by atoms with Gasteiger partial charge in [0, 0.05) is 47.3 Å². The molecule has 12 rings (SSSR count). The van der Waals surface area contributed by atoms with E-state index in [-0.39, 0.29) is 0 Å². The molecule has 53 heavy (non-hydrogen) atoms. The number of aromatic nitrogens is 4. The van der Waals surface area contributed by atoms with Gasteiger partial charge in [-0.05, 0) is 51.9 Å². The van der Waals surface area contributed by atoms with Crippen molar-refractivity contribution in [1.29, 1.82) is 0 Å². The fourth-order valence-corrected chi connectivity index (χ4v) is 9.55. The second kappa shape index (κ2) is 10.8. The summed E-state index contributed by atoms with van der Waals surface area (Å²) in [5.74, 6) is 1.71. The molecule has 6 heteroatoms. The lowest BCUT2D eigenvalue weighted by molar-refractivity contribution is 0.669. The number of furan rings is 1. The molecule has 4 aromatic heterocycles. The summed E-state index contributed by atoms with van der Waals surface area (Å²) in [6.45, 7) is 0. The van der Waals surface area contributed by atoms with Crippen molar-refractivity contribution < 1.29 is 4.42 Å². The van der Waals surface area contributed by atoms with E-state index in [1.807, 2.05) is 41.7 Å². The molecule has 0 aliphatic rings. The van der Waals surface area contributed by atoms with Crippen LogP contribution < -0.4 is 0 Å². The third-order valence-electron chi connectivity index (χ3n) is 10.6. The van der Waals surface area contributed by atoms with Crippen molar-refractivity contribution in [3.05, 3.63) is 158 Å². The molecule has 0 atom stereocenters. The fraction of sp³-hybridized carbons (Fsp3) is 0. The van der Waals surface area contributed by atoms with E-state index in [0.717, 1.165) is 54.9 Å². The van der Waals surface area contributed by atoms with E-state index in [9.17, 15) is 0 Å². The third kappa shape index (κ3) is 4.09. The van der Waals surface area contributed by atoms with Crippen LogP contribution in [0.4, 0.5) is 0 Å². The molecule has 0 unspecified atom stereocenters. The van der Waals surface area contributed by atoms with Crippen molar-refractivity contribution >= 4 is 96.8 Å². The largest absolute Gasteiger partial charge is 0.455 e. The van der Waals surface area contributed by atoms with Crippen molar-refractivity contribution in [2.24, 2.45) is 0 Å². The molecule has 0 fully saturated rings. The van der Waals surface area contributed by atoms with Crippen LogP contribution in [-0.2, 0) is 0 Å². The van der Waals surface area contributed by atoms with Gasteiger partial charge < -0.3 is 4.42 Å². The van der Waals surface area contributed by atoms with E-state index in [2.05, 4.69) is 132 Å². The first-order valence-electron chi connectivity index (χ1n) is 17.7. The van der Waals surface area contributed by atoms with Gasteiger partial charge >= 0.3 is 0 Å². The standard InChI is InChI=1S/C47H26N4OS/c1-2-13-28(14-3-1)45-48-46(35-26-29-15-5-7-17-31(29)40-34-19-8-10-20-38(34)52-43(35)40)50-47(49-45)51-36-24-22-27-12-4-6-16-30(27)41(36)42-37(51)25-23-33-32-18-9-11-21-39(32)53-44(33)42/h1-26H. The van der Waals surface area contributed by atoms with Gasteiger partial charge in [0.2, 0.25) is 5.95 Å². The second-order valence-corrected chi connectivity index (χ2v) is 14.6. The van der Waals surface area contributed by atoms with Gasteiger partial charge in [-0.15, -0.1) is 11.3 Å². The number of hydrogen-bond acceptors (Lipinski definition) is 5. The molecule has 0 radical (unpaired) electrons. The molecule has 0 amide bonds. The Morgan fingerprint density at radius 1 is 0.472 bits per heavy atom. The number of hydrogen-bond donors (Lipinski definition) is 0. The van der Waals surface area contributed by atoms with Crippen molar-refractivity contribution in [2.45, 2.75) is 0 Å². The number of nitrogens with zero attached hydrogens (tertiary/aromatic N) is 4. The predicted octanol–water partition coefficient (Wildman–Crippen LogP) is 12.9. The monoisotopic (exact) mass is 694 g/mol. The molecule has 246 valence electrons. The van der Waals surface area contributed by atoms with Gasteiger partial charge in [-0.1, -0.05) is 127 Å².